The van der Waals surface area contributed by atoms with E-state index >= 15 is 0 Å². The van der Waals surface area contributed by atoms with Crippen LogP contribution in [0, 0.1) is 0 Å². The molecule has 1 amide bonds. The third-order valence-electron chi connectivity index (χ3n) is 4.52. The van der Waals surface area contributed by atoms with Crippen LogP contribution in [0.4, 0.5) is 4.79 Å². The van der Waals surface area contributed by atoms with Gasteiger partial charge in [0.2, 0.25) is 0 Å². The second-order valence-electron chi connectivity index (χ2n) is 8.38. The van der Waals surface area contributed by atoms with Crippen molar-refractivity contribution in [3.05, 3.63) is 81.8 Å². The summed E-state index contributed by atoms with van der Waals surface area (Å²) in [5, 5.41) is 5.08. The summed E-state index contributed by atoms with van der Waals surface area (Å²) in [5.74, 6) is 0.231. The van der Waals surface area contributed by atoms with Crippen LogP contribution in [-0.4, -0.2) is 29.8 Å². The lowest BCUT2D eigenvalue weighted by atomic mass is 10.1. The molecule has 1 N–H and O–H groups in total. The molecular weight excluding hydrogens is 440 g/mol. The summed E-state index contributed by atoms with van der Waals surface area (Å²) in [6.45, 7) is 5.88. The molecule has 0 spiro atoms. The molecule has 1 heterocycles. The lowest BCUT2D eigenvalue weighted by Crippen LogP contribution is -2.35. The topological polar surface area (TPSA) is 86.8 Å². The van der Waals surface area contributed by atoms with Crippen molar-refractivity contribution in [1.82, 2.24) is 10.3 Å². The van der Waals surface area contributed by atoms with Gasteiger partial charge >= 0.3 is 12.1 Å². The average molecular weight is 469 g/mol. The Morgan fingerprint density at radius 2 is 1.73 bits per heavy atom. The highest BCUT2D eigenvalue weighted by Crippen LogP contribution is 2.25. The number of carbonyl (C=O) groups excluding carboxylic acids is 2. The standard InChI is InChI=1S/C25H28N2O5S/c1-25(2,3)32-24(29)27-20(22-26-21(16-33-22)23(28)30-4)14-17-10-12-19(13-11-17)31-15-18-8-6-5-7-9-18/h5-13,16,20H,14-15H2,1-4H3,(H,27,29)/t20-/m0/s1. The van der Waals surface area contributed by atoms with Gasteiger partial charge in [0.15, 0.2) is 5.69 Å². The van der Waals surface area contributed by atoms with Gasteiger partial charge in [0.05, 0.1) is 13.2 Å². The summed E-state index contributed by atoms with van der Waals surface area (Å²) in [5.41, 5.74) is 1.64. The second-order valence-corrected chi connectivity index (χ2v) is 9.27. The Labute approximate surface area is 197 Å². The highest BCUT2D eigenvalue weighted by Gasteiger charge is 2.24. The van der Waals surface area contributed by atoms with E-state index in [1.54, 1.807) is 26.2 Å². The van der Waals surface area contributed by atoms with Crippen LogP contribution in [0.1, 0.15) is 53.4 Å². The van der Waals surface area contributed by atoms with Gasteiger partial charge in [-0.1, -0.05) is 42.5 Å². The molecule has 2 aromatic carbocycles. The molecule has 1 aromatic heterocycles. The van der Waals surface area contributed by atoms with E-state index in [0.717, 1.165) is 16.9 Å². The van der Waals surface area contributed by atoms with Gasteiger partial charge in [-0.05, 0) is 50.5 Å². The van der Waals surface area contributed by atoms with E-state index < -0.39 is 23.7 Å². The lowest BCUT2D eigenvalue weighted by molar-refractivity contribution is 0.0503. The molecular formula is C25H28N2O5S. The lowest BCUT2D eigenvalue weighted by Gasteiger charge is -2.23. The molecule has 174 valence electrons. The molecule has 3 aromatic rings. The highest BCUT2D eigenvalue weighted by molar-refractivity contribution is 7.09. The fraction of sp³-hybridized carbons (Fsp3) is 0.320. The number of amides is 1. The minimum Gasteiger partial charge on any atom is -0.489 e. The monoisotopic (exact) mass is 468 g/mol. The minimum absolute atomic E-state index is 0.207. The van der Waals surface area contributed by atoms with Crippen LogP contribution in [0.2, 0.25) is 0 Å². The van der Waals surface area contributed by atoms with Gasteiger partial charge in [-0.3, -0.25) is 0 Å². The Balaban J connectivity index is 1.71. The normalized spacial score (nSPS) is 12.0. The molecule has 8 heteroatoms. The summed E-state index contributed by atoms with van der Waals surface area (Å²) < 4.78 is 16.0. The number of nitrogens with one attached hydrogen (secondary N) is 1. The first kappa shape index (κ1) is 24.3. The molecule has 0 radical (unpaired) electrons. The van der Waals surface area contributed by atoms with Gasteiger partial charge in [0.25, 0.3) is 0 Å². The van der Waals surface area contributed by atoms with Crippen LogP contribution in [0.5, 0.6) is 5.75 Å². The van der Waals surface area contributed by atoms with Crippen molar-refractivity contribution in [2.45, 2.75) is 45.4 Å². The van der Waals surface area contributed by atoms with Crippen LogP contribution < -0.4 is 10.1 Å². The predicted molar refractivity (Wildman–Crippen MR) is 126 cm³/mol. The van der Waals surface area contributed by atoms with Gasteiger partial charge in [-0.15, -0.1) is 11.3 Å². The first-order chi connectivity index (χ1) is 15.7. The number of hydrogen-bond acceptors (Lipinski definition) is 7. The number of carbonyl (C=O) groups is 2. The zero-order valence-electron chi connectivity index (χ0n) is 19.2. The maximum absolute atomic E-state index is 12.4. The van der Waals surface area contributed by atoms with Crippen molar-refractivity contribution in [2.24, 2.45) is 0 Å². The number of alkyl carbamates (subject to hydrolysis) is 1. The summed E-state index contributed by atoms with van der Waals surface area (Å²) in [7, 11) is 1.30. The molecule has 7 nitrogen and oxygen atoms in total. The molecule has 33 heavy (non-hydrogen) atoms. The third-order valence-corrected chi connectivity index (χ3v) is 5.48. The molecule has 3 rings (SSSR count). The Morgan fingerprint density at radius 3 is 2.36 bits per heavy atom. The summed E-state index contributed by atoms with van der Waals surface area (Å²) in [6, 6.07) is 17.1. The fourth-order valence-electron chi connectivity index (χ4n) is 2.99. The first-order valence-electron chi connectivity index (χ1n) is 10.5. The molecule has 0 aliphatic heterocycles. The maximum atomic E-state index is 12.4. The number of benzene rings is 2. The first-order valence-corrected chi connectivity index (χ1v) is 11.4. The smallest absolute Gasteiger partial charge is 0.408 e. The summed E-state index contributed by atoms with van der Waals surface area (Å²) in [4.78, 5) is 28.6. The zero-order chi connectivity index (χ0) is 23.8. The number of methoxy groups -OCH3 is 1. The average Bonchev–Trinajstić information content (AvgIpc) is 3.27. The summed E-state index contributed by atoms with van der Waals surface area (Å²) >= 11 is 1.28. The number of thiazole rings is 1. The van der Waals surface area contributed by atoms with Crippen LogP contribution >= 0.6 is 11.3 Å². The van der Waals surface area contributed by atoms with Gasteiger partial charge in [0, 0.05) is 5.38 Å². The molecule has 0 saturated carbocycles. The molecule has 0 aliphatic carbocycles. The Kier molecular flexibility index (Phi) is 8.06. The van der Waals surface area contributed by atoms with Crippen LogP contribution in [0.15, 0.2) is 60.0 Å². The fourth-order valence-corrected chi connectivity index (χ4v) is 3.83. The van der Waals surface area contributed by atoms with Crippen molar-refractivity contribution in [2.75, 3.05) is 7.11 Å². The van der Waals surface area contributed by atoms with E-state index in [0.29, 0.717) is 18.0 Å². The van der Waals surface area contributed by atoms with E-state index in [1.165, 1.54) is 18.4 Å². The van der Waals surface area contributed by atoms with Crippen molar-refractivity contribution >= 4 is 23.4 Å². The van der Waals surface area contributed by atoms with E-state index in [-0.39, 0.29) is 5.69 Å². The van der Waals surface area contributed by atoms with Gasteiger partial charge < -0.3 is 19.5 Å². The Morgan fingerprint density at radius 1 is 1.03 bits per heavy atom. The quantitative estimate of drug-likeness (QED) is 0.451. The number of esters is 1. The van der Waals surface area contributed by atoms with E-state index in [9.17, 15) is 9.59 Å². The van der Waals surface area contributed by atoms with Crippen molar-refractivity contribution < 1.29 is 23.8 Å². The SMILES string of the molecule is COC(=O)c1csc([C@H](Cc2ccc(OCc3ccccc3)cc2)NC(=O)OC(C)(C)C)n1. The van der Waals surface area contributed by atoms with E-state index in [1.807, 2.05) is 54.6 Å². The van der Waals surface area contributed by atoms with Gasteiger partial charge in [-0.25, -0.2) is 14.6 Å². The number of rotatable bonds is 8. The molecule has 0 fully saturated rings. The van der Waals surface area contributed by atoms with Crippen molar-refractivity contribution in [3.63, 3.8) is 0 Å². The Hall–Kier alpha value is -3.39. The van der Waals surface area contributed by atoms with Crippen LogP contribution in [0.3, 0.4) is 0 Å². The number of hydrogen-bond donors (Lipinski definition) is 1. The zero-order valence-corrected chi connectivity index (χ0v) is 20.0. The van der Waals surface area contributed by atoms with Crippen molar-refractivity contribution in [1.29, 1.82) is 0 Å². The molecule has 0 bridgehead atoms. The van der Waals surface area contributed by atoms with Gasteiger partial charge in [0.1, 0.15) is 23.0 Å². The molecule has 0 saturated heterocycles. The maximum Gasteiger partial charge on any atom is 0.408 e. The highest BCUT2D eigenvalue weighted by atomic mass is 32.1. The molecule has 1 atom stereocenters. The largest absolute Gasteiger partial charge is 0.489 e. The molecule has 0 aliphatic rings. The Bertz CT molecular complexity index is 1060. The van der Waals surface area contributed by atoms with Gasteiger partial charge in [-0.2, -0.15) is 0 Å². The van der Waals surface area contributed by atoms with E-state index in [2.05, 4.69) is 10.3 Å². The number of aromatic nitrogens is 1. The predicted octanol–water partition coefficient (Wildman–Crippen LogP) is 5.32. The summed E-state index contributed by atoms with van der Waals surface area (Å²) in [6.07, 6.45) is -0.0862. The number of nitrogens with zero attached hydrogens (tertiary/aromatic N) is 1. The van der Waals surface area contributed by atoms with Crippen LogP contribution in [0.25, 0.3) is 0 Å². The minimum atomic E-state index is -0.633. The third kappa shape index (κ3) is 7.61. The second kappa shape index (κ2) is 11.0. The molecule has 0 unspecified atom stereocenters. The number of ether oxygens (including phenoxy) is 3. The van der Waals surface area contributed by atoms with E-state index in [4.69, 9.17) is 14.2 Å². The van der Waals surface area contributed by atoms with Crippen LogP contribution in [-0.2, 0) is 22.5 Å². The van der Waals surface area contributed by atoms with Crippen molar-refractivity contribution in [3.8, 4) is 5.75 Å².